The molecule has 1 fully saturated rings. The van der Waals surface area contributed by atoms with Crippen molar-refractivity contribution in [3.63, 3.8) is 0 Å². The third kappa shape index (κ3) is 12.2. The maximum Gasteiger partial charge on any atom is 0.338 e. The van der Waals surface area contributed by atoms with Crippen LogP contribution in [0.1, 0.15) is 41.4 Å². The highest BCUT2D eigenvalue weighted by Gasteiger charge is 2.53. The van der Waals surface area contributed by atoms with Gasteiger partial charge in [0.15, 0.2) is 24.6 Å². The molecule has 286 valence electrons. The number of benzene rings is 4. The fraction of sp³-hybridized carbons (Fsp3) is 0.300. The summed E-state index contributed by atoms with van der Waals surface area (Å²) >= 11 is 0. The van der Waals surface area contributed by atoms with Crippen LogP contribution in [0.4, 0.5) is 0 Å². The van der Waals surface area contributed by atoms with Crippen molar-refractivity contribution in [2.45, 2.75) is 30.7 Å². The number of azide groups is 1. The summed E-state index contributed by atoms with van der Waals surface area (Å²) in [5.41, 5.74) is 9.15. The van der Waals surface area contributed by atoms with Gasteiger partial charge in [0.05, 0.1) is 55.3 Å². The van der Waals surface area contributed by atoms with Crippen molar-refractivity contribution in [2.24, 2.45) is 5.11 Å². The molecule has 4 aromatic rings. The maximum atomic E-state index is 13.7. The number of nitrogens with zero attached hydrogens (tertiary/aromatic N) is 3. The molecule has 15 nitrogen and oxygen atoms in total. The van der Waals surface area contributed by atoms with Crippen LogP contribution in [0.5, 0.6) is 0 Å². The van der Waals surface area contributed by atoms with Crippen LogP contribution in [-0.4, -0.2) is 101 Å². The number of rotatable bonds is 19. The zero-order valence-electron chi connectivity index (χ0n) is 29.6. The molecule has 0 N–H and O–H groups in total. The van der Waals surface area contributed by atoms with Gasteiger partial charge in [-0.05, 0) is 54.1 Å². The lowest BCUT2D eigenvalue weighted by atomic mass is 9.97. The molecule has 4 aromatic carbocycles. The van der Waals surface area contributed by atoms with Gasteiger partial charge in [0, 0.05) is 11.5 Å². The first kappa shape index (κ1) is 40.1. The molecule has 1 aliphatic rings. The van der Waals surface area contributed by atoms with E-state index >= 15 is 0 Å². The van der Waals surface area contributed by atoms with Crippen molar-refractivity contribution in [3.05, 3.63) is 154 Å². The molecule has 0 radical (unpaired) electrons. The Labute approximate surface area is 316 Å². The smallest absolute Gasteiger partial charge is 0.338 e. The minimum Gasteiger partial charge on any atom is -0.459 e. The van der Waals surface area contributed by atoms with Crippen LogP contribution in [0.2, 0.25) is 0 Å². The molecule has 55 heavy (non-hydrogen) atoms. The first-order valence-corrected chi connectivity index (χ1v) is 17.4. The van der Waals surface area contributed by atoms with Crippen molar-refractivity contribution in [2.75, 3.05) is 46.2 Å². The Morgan fingerprint density at radius 3 is 1.45 bits per heavy atom. The van der Waals surface area contributed by atoms with Crippen LogP contribution in [-0.2, 0) is 37.9 Å². The molecule has 0 aliphatic carbocycles. The minimum atomic E-state index is -1.54. The number of carbonyl (C=O) groups excluding carboxylic acids is 4. The summed E-state index contributed by atoms with van der Waals surface area (Å²) < 4.78 is 47.0. The van der Waals surface area contributed by atoms with Crippen LogP contribution in [0.15, 0.2) is 126 Å². The zero-order valence-corrected chi connectivity index (χ0v) is 29.6. The van der Waals surface area contributed by atoms with E-state index in [0.717, 1.165) is 0 Å². The third-order valence-corrected chi connectivity index (χ3v) is 8.02. The van der Waals surface area contributed by atoms with Gasteiger partial charge < -0.3 is 37.9 Å². The summed E-state index contributed by atoms with van der Waals surface area (Å²) in [6.45, 7) is 0.262. The molecule has 1 aliphatic heterocycles. The van der Waals surface area contributed by atoms with E-state index in [1.54, 1.807) is 84.9 Å². The number of carbonyl (C=O) groups is 4. The van der Waals surface area contributed by atoms with Crippen LogP contribution in [0.25, 0.3) is 10.4 Å². The summed E-state index contributed by atoms with van der Waals surface area (Å²) in [4.78, 5) is 56.6. The first-order chi connectivity index (χ1) is 26.9. The van der Waals surface area contributed by atoms with E-state index in [1.165, 1.54) is 36.4 Å². The SMILES string of the molecule is [N-]=[N+]=NCCOCCOCCO[C@H]1OC(COC(=O)c2ccccc2)[C@@H](OC(=O)c2ccccc2)C(OC(=O)c2ccccc2)[C@H]1OC(=O)c1ccccc1. The summed E-state index contributed by atoms with van der Waals surface area (Å²) in [7, 11) is 0. The van der Waals surface area contributed by atoms with Gasteiger partial charge in [-0.2, -0.15) is 0 Å². The summed E-state index contributed by atoms with van der Waals surface area (Å²) in [6, 6.07) is 32.5. The van der Waals surface area contributed by atoms with Gasteiger partial charge in [-0.25, -0.2) is 19.2 Å². The normalized spacial score (nSPS) is 18.9. The van der Waals surface area contributed by atoms with E-state index in [2.05, 4.69) is 10.0 Å². The second-order valence-electron chi connectivity index (χ2n) is 11.8. The van der Waals surface area contributed by atoms with Gasteiger partial charge in [-0.1, -0.05) is 77.9 Å². The lowest BCUT2D eigenvalue weighted by Gasteiger charge is -2.44. The van der Waals surface area contributed by atoms with Crippen molar-refractivity contribution in [1.29, 1.82) is 0 Å². The van der Waals surface area contributed by atoms with Gasteiger partial charge >= 0.3 is 23.9 Å². The van der Waals surface area contributed by atoms with E-state index in [1.807, 2.05) is 0 Å². The average Bonchev–Trinajstić information content (AvgIpc) is 3.23. The van der Waals surface area contributed by atoms with Crippen molar-refractivity contribution in [3.8, 4) is 0 Å². The van der Waals surface area contributed by atoms with E-state index in [4.69, 9.17) is 43.4 Å². The highest BCUT2D eigenvalue weighted by atomic mass is 16.7. The van der Waals surface area contributed by atoms with Gasteiger partial charge in [-0.15, -0.1) is 0 Å². The molecule has 0 bridgehead atoms. The number of hydrogen-bond acceptors (Lipinski definition) is 13. The molecule has 15 heteroatoms. The lowest BCUT2D eigenvalue weighted by molar-refractivity contribution is -0.299. The fourth-order valence-electron chi connectivity index (χ4n) is 5.36. The minimum absolute atomic E-state index is 0.0352. The standard InChI is InChI=1S/C40H39N3O12/c41-43-42-21-22-48-23-24-49-25-26-50-40-35(55-39(47)31-19-11-4-12-20-31)34(54-38(46)30-17-9-3-10-18-30)33(53-37(45)29-15-7-2-8-16-29)32(52-40)27-51-36(44)28-13-5-1-6-14-28/h1-20,32-35,40H,21-27H2/t32?,33-,34?,35-,40+/m1/s1. The highest BCUT2D eigenvalue weighted by Crippen LogP contribution is 2.32. The second-order valence-corrected chi connectivity index (χ2v) is 11.8. The van der Waals surface area contributed by atoms with Crippen LogP contribution in [0, 0.1) is 0 Å². The number of ether oxygens (including phenoxy) is 8. The maximum absolute atomic E-state index is 13.7. The molecular weight excluding hydrogens is 714 g/mol. The van der Waals surface area contributed by atoms with Crippen LogP contribution < -0.4 is 0 Å². The summed E-state index contributed by atoms with van der Waals surface area (Å²) in [5, 5.41) is 3.40. The lowest BCUT2D eigenvalue weighted by Crippen LogP contribution is -2.63. The molecule has 5 rings (SSSR count). The molecule has 5 atom stereocenters. The Morgan fingerprint density at radius 1 is 0.545 bits per heavy atom. The Morgan fingerprint density at radius 2 is 0.964 bits per heavy atom. The van der Waals surface area contributed by atoms with E-state index < -0.39 is 61.2 Å². The fourth-order valence-corrected chi connectivity index (χ4v) is 5.36. The quantitative estimate of drug-likeness (QED) is 0.0288. The third-order valence-electron chi connectivity index (χ3n) is 8.02. The van der Waals surface area contributed by atoms with E-state index in [-0.39, 0.29) is 61.8 Å². The van der Waals surface area contributed by atoms with Gasteiger partial charge in [-0.3, -0.25) is 0 Å². The predicted molar refractivity (Wildman–Crippen MR) is 194 cm³/mol. The highest BCUT2D eigenvalue weighted by molar-refractivity contribution is 5.91. The van der Waals surface area contributed by atoms with Crippen molar-refractivity contribution < 1.29 is 57.1 Å². The van der Waals surface area contributed by atoms with E-state index in [9.17, 15) is 19.2 Å². The second kappa shape index (κ2) is 21.6. The molecule has 2 unspecified atom stereocenters. The van der Waals surface area contributed by atoms with Gasteiger partial charge in [0.25, 0.3) is 0 Å². The molecule has 0 spiro atoms. The largest absolute Gasteiger partial charge is 0.459 e. The Balaban J connectivity index is 1.45. The molecule has 0 aromatic heterocycles. The Kier molecular flexibility index (Phi) is 15.7. The van der Waals surface area contributed by atoms with Crippen LogP contribution in [0.3, 0.4) is 0 Å². The first-order valence-electron chi connectivity index (χ1n) is 17.4. The average molecular weight is 754 g/mol. The van der Waals surface area contributed by atoms with Crippen molar-refractivity contribution >= 4 is 23.9 Å². The zero-order chi connectivity index (χ0) is 38.7. The molecule has 0 amide bonds. The van der Waals surface area contributed by atoms with E-state index in [0.29, 0.717) is 0 Å². The predicted octanol–water partition coefficient (Wildman–Crippen LogP) is 5.61. The number of hydrogen-bond donors (Lipinski definition) is 0. The van der Waals surface area contributed by atoms with Gasteiger partial charge in [0.1, 0.15) is 12.7 Å². The van der Waals surface area contributed by atoms with Gasteiger partial charge in [0.2, 0.25) is 0 Å². The molecule has 0 saturated carbocycles. The summed E-state index contributed by atoms with van der Waals surface area (Å²) in [6.07, 6.45) is -7.29. The topological polar surface area (TPSA) is 191 Å². The Hall–Kier alpha value is -6.09. The molecule has 1 heterocycles. The monoisotopic (exact) mass is 753 g/mol. The molecule has 1 saturated heterocycles. The molecular formula is C40H39N3O12. The summed E-state index contributed by atoms with van der Waals surface area (Å²) in [5.74, 6) is -3.13. The Bertz CT molecular complexity index is 1860. The van der Waals surface area contributed by atoms with Crippen molar-refractivity contribution in [1.82, 2.24) is 0 Å². The number of esters is 4. The van der Waals surface area contributed by atoms with Crippen LogP contribution >= 0.6 is 0 Å².